The van der Waals surface area contributed by atoms with Crippen molar-refractivity contribution in [1.29, 1.82) is 0 Å². The molecule has 0 saturated heterocycles. The van der Waals surface area contributed by atoms with Crippen LogP contribution in [0.4, 0.5) is 10.3 Å². The average Bonchev–Trinajstić information content (AvgIpc) is 2.69. The van der Waals surface area contributed by atoms with Crippen LogP contribution in [0, 0.1) is 12.7 Å². The molecular weight excluding hydrogens is 231 g/mol. The number of pyridine rings is 1. The maximum atomic E-state index is 13.3. The number of rotatable bonds is 1. The Hall–Kier alpha value is -2.43. The summed E-state index contributed by atoms with van der Waals surface area (Å²) in [5.41, 5.74) is 8.84. The maximum absolute atomic E-state index is 13.3. The van der Waals surface area contributed by atoms with Crippen molar-refractivity contribution >= 4 is 17.0 Å². The number of nitrogens with two attached hydrogens (primary N) is 1. The molecule has 18 heavy (non-hydrogen) atoms. The van der Waals surface area contributed by atoms with E-state index in [2.05, 4.69) is 9.97 Å². The van der Waals surface area contributed by atoms with Crippen LogP contribution in [0.3, 0.4) is 0 Å². The van der Waals surface area contributed by atoms with Gasteiger partial charge in [-0.25, -0.2) is 9.37 Å². The molecule has 5 heteroatoms. The van der Waals surface area contributed by atoms with Crippen LogP contribution in [-0.2, 0) is 0 Å². The summed E-state index contributed by atoms with van der Waals surface area (Å²) in [4.78, 5) is 8.23. The Bertz CT molecular complexity index is 733. The largest absolute Gasteiger partial charge is 0.369 e. The number of hydrogen-bond donors (Lipinski definition) is 1. The smallest absolute Gasteiger partial charge is 0.205 e. The van der Waals surface area contributed by atoms with Crippen molar-refractivity contribution in [3.63, 3.8) is 0 Å². The molecule has 0 aliphatic rings. The first-order valence-electron chi connectivity index (χ1n) is 5.51. The van der Waals surface area contributed by atoms with Crippen LogP contribution >= 0.6 is 0 Å². The number of imidazole rings is 1. The van der Waals surface area contributed by atoms with Gasteiger partial charge in [0.15, 0.2) is 0 Å². The van der Waals surface area contributed by atoms with E-state index in [0.29, 0.717) is 11.5 Å². The van der Waals surface area contributed by atoms with Gasteiger partial charge in [-0.2, -0.15) is 0 Å². The zero-order valence-corrected chi connectivity index (χ0v) is 9.76. The molecule has 0 saturated carbocycles. The Morgan fingerprint density at radius 3 is 2.89 bits per heavy atom. The van der Waals surface area contributed by atoms with Crippen LogP contribution in [0.2, 0.25) is 0 Å². The molecule has 2 heterocycles. The van der Waals surface area contributed by atoms with Gasteiger partial charge < -0.3 is 5.73 Å². The maximum Gasteiger partial charge on any atom is 0.205 e. The standard InChI is InChI=1S/C13H11FN4/c1-8-6-9(2-3-10(8)14)18-12-4-5-16-7-11(12)17-13(18)15/h2-7H,1H3,(H2,15,17). The topological polar surface area (TPSA) is 56.7 Å². The Morgan fingerprint density at radius 1 is 1.28 bits per heavy atom. The molecule has 0 atom stereocenters. The Labute approximate surface area is 103 Å². The summed E-state index contributed by atoms with van der Waals surface area (Å²) in [6, 6.07) is 6.68. The van der Waals surface area contributed by atoms with E-state index >= 15 is 0 Å². The third kappa shape index (κ3) is 1.52. The van der Waals surface area contributed by atoms with Crippen LogP contribution in [0.25, 0.3) is 16.7 Å². The van der Waals surface area contributed by atoms with E-state index in [1.54, 1.807) is 36.0 Å². The van der Waals surface area contributed by atoms with Crippen molar-refractivity contribution in [3.8, 4) is 5.69 Å². The van der Waals surface area contributed by atoms with Crippen molar-refractivity contribution in [3.05, 3.63) is 48.0 Å². The van der Waals surface area contributed by atoms with Gasteiger partial charge >= 0.3 is 0 Å². The van der Waals surface area contributed by atoms with Gasteiger partial charge in [0.1, 0.15) is 11.3 Å². The second kappa shape index (κ2) is 3.80. The number of fused-ring (bicyclic) bond motifs is 1. The number of aryl methyl sites for hydroxylation is 1. The first-order valence-corrected chi connectivity index (χ1v) is 5.51. The quantitative estimate of drug-likeness (QED) is 0.713. The van der Waals surface area contributed by atoms with Gasteiger partial charge in [-0.3, -0.25) is 9.55 Å². The predicted octanol–water partition coefficient (Wildman–Crippen LogP) is 2.45. The number of hydrogen-bond acceptors (Lipinski definition) is 3. The summed E-state index contributed by atoms with van der Waals surface area (Å²) >= 11 is 0. The average molecular weight is 242 g/mol. The number of nitrogen functional groups attached to an aromatic ring is 1. The Balaban J connectivity index is 2.30. The van der Waals surface area contributed by atoms with E-state index in [1.165, 1.54) is 6.07 Å². The number of anilines is 1. The monoisotopic (exact) mass is 242 g/mol. The second-order valence-corrected chi connectivity index (χ2v) is 4.10. The fraction of sp³-hybridized carbons (Fsp3) is 0.0769. The fourth-order valence-corrected chi connectivity index (χ4v) is 1.99. The summed E-state index contributed by atoms with van der Waals surface area (Å²) in [6.45, 7) is 1.72. The highest BCUT2D eigenvalue weighted by Gasteiger charge is 2.10. The zero-order chi connectivity index (χ0) is 12.7. The molecule has 0 aliphatic carbocycles. The van der Waals surface area contributed by atoms with Crippen molar-refractivity contribution in [1.82, 2.24) is 14.5 Å². The van der Waals surface area contributed by atoms with E-state index in [4.69, 9.17) is 5.73 Å². The summed E-state index contributed by atoms with van der Waals surface area (Å²) in [5, 5.41) is 0. The lowest BCUT2D eigenvalue weighted by molar-refractivity contribution is 0.618. The van der Waals surface area contributed by atoms with Crippen molar-refractivity contribution < 1.29 is 4.39 Å². The van der Waals surface area contributed by atoms with E-state index in [9.17, 15) is 4.39 Å². The molecule has 0 spiro atoms. The van der Waals surface area contributed by atoms with Gasteiger partial charge in [-0.1, -0.05) is 0 Å². The third-order valence-corrected chi connectivity index (χ3v) is 2.88. The van der Waals surface area contributed by atoms with Gasteiger partial charge in [0, 0.05) is 11.9 Å². The second-order valence-electron chi connectivity index (χ2n) is 4.10. The van der Waals surface area contributed by atoms with Crippen LogP contribution in [0.15, 0.2) is 36.7 Å². The van der Waals surface area contributed by atoms with E-state index in [0.717, 1.165) is 16.7 Å². The van der Waals surface area contributed by atoms with Crippen molar-refractivity contribution in [2.24, 2.45) is 0 Å². The van der Waals surface area contributed by atoms with Crippen LogP contribution in [0.1, 0.15) is 5.56 Å². The molecule has 0 aliphatic heterocycles. The number of halogens is 1. The minimum absolute atomic E-state index is 0.233. The molecule has 3 rings (SSSR count). The van der Waals surface area contributed by atoms with Gasteiger partial charge in [0.25, 0.3) is 0 Å². The lowest BCUT2D eigenvalue weighted by Crippen LogP contribution is -2.01. The Morgan fingerprint density at radius 2 is 2.11 bits per heavy atom. The van der Waals surface area contributed by atoms with Crippen LogP contribution in [-0.4, -0.2) is 14.5 Å². The summed E-state index contributed by atoms with van der Waals surface area (Å²) in [7, 11) is 0. The van der Waals surface area contributed by atoms with Gasteiger partial charge in [0.05, 0.1) is 11.7 Å². The lowest BCUT2D eigenvalue weighted by atomic mass is 10.2. The molecule has 2 aromatic heterocycles. The third-order valence-electron chi connectivity index (χ3n) is 2.88. The number of benzene rings is 1. The van der Waals surface area contributed by atoms with Gasteiger partial charge in [-0.05, 0) is 36.8 Å². The SMILES string of the molecule is Cc1cc(-n2c(N)nc3cnccc32)ccc1F. The van der Waals surface area contributed by atoms with Gasteiger partial charge in [0.2, 0.25) is 5.95 Å². The molecule has 0 fully saturated rings. The molecule has 1 aromatic carbocycles. The van der Waals surface area contributed by atoms with E-state index in [-0.39, 0.29) is 5.82 Å². The van der Waals surface area contributed by atoms with Crippen molar-refractivity contribution in [2.45, 2.75) is 6.92 Å². The zero-order valence-electron chi connectivity index (χ0n) is 9.76. The molecule has 3 aromatic rings. The summed E-state index contributed by atoms with van der Waals surface area (Å²) < 4.78 is 15.1. The Kier molecular flexibility index (Phi) is 2.26. The van der Waals surface area contributed by atoms with Crippen molar-refractivity contribution in [2.75, 3.05) is 5.73 Å². The first kappa shape index (κ1) is 10.7. The highest BCUT2D eigenvalue weighted by Crippen LogP contribution is 2.23. The van der Waals surface area contributed by atoms with E-state index in [1.807, 2.05) is 6.07 Å². The lowest BCUT2D eigenvalue weighted by Gasteiger charge is -2.07. The number of aromatic nitrogens is 3. The van der Waals surface area contributed by atoms with E-state index < -0.39 is 0 Å². The highest BCUT2D eigenvalue weighted by atomic mass is 19.1. The molecule has 4 nitrogen and oxygen atoms in total. The molecule has 0 amide bonds. The summed E-state index contributed by atoms with van der Waals surface area (Å²) in [5.74, 6) is 0.132. The predicted molar refractivity (Wildman–Crippen MR) is 68.0 cm³/mol. The fourth-order valence-electron chi connectivity index (χ4n) is 1.99. The molecule has 2 N–H and O–H groups in total. The normalized spacial score (nSPS) is 11.0. The van der Waals surface area contributed by atoms with Crippen LogP contribution in [0.5, 0.6) is 0 Å². The highest BCUT2D eigenvalue weighted by molar-refractivity contribution is 5.79. The molecular formula is C13H11FN4. The minimum atomic E-state index is -0.233. The summed E-state index contributed by atoms with van der Waals surface area (Å²) in [6.07, 6.45) is 3.33. The first-order chi connectivity index (χ1) is 8.66. The molecule has 0 unspecified atom stereocenters. The molecule has 90 valence electrons. The minimum Gasteiger partial charge on any atom is -0.369 e. The molecule has 0 radical (unpaired) electrons. The molecule has 0 bridgehead atoms. The van der Waals surface area contributed by atoms with Gasteiger partial charge in [-0.15, -0.1) is 0 Å². The van der Waals surface area contributed by atoms with Crippen LogP contribution < -0.4 is 5.73 Å². The number of nitrogens with zero attached hydrogens (tertiary/aromatic N) is 3.